The second kappa shape index (κ2) is 11.8. The third kappa shape index (κ3) is 7.78. The van der Waals surface area contributed by atoms with E-state index < -0.39 is 46.1 Å². The SMILES string of the molecule is CO[C@H](COP(=O)(O)CP(=O)(O)O)[C@@H](O)[C@@H](O)n1ccc2c(N[C@@H](C)c3ccc(F)cc3)nc(Cl)nc21. The maximum absolute atomic E-state index is 13.3. The molecule has 17 heteroatoms. The molecule has 0 aliphatic rings. The van der Waals surface area contributed by atoms with Gasteiger partial charge in [-0.05, 0) is 42.3 Å². The lowest BCUT2D eigenvalue weighted by Crippen LogP contribution is -2.39. The van der Waals surface area contributed by atoms with Crippen LogP contribution in [0.4, 0.5) is 10.2 Å². The fraction of sp³-hybridized carbons (Fsp3) is 0.400. The summed E-state index contributed by atoms with van der Waals surface area (Å²) in [6.07, 6.45) is -3.42. The van der Waals surface area contributed by atoms with Crippen LogP contribution in [0.5, 0.6) is 0 Å². The van der Waals surface area contributed by atoms with Crippen LogP contribution in [0.1, 0.15) is 24.8 Å². The van der Waals surface area contributed by atoms with Gasteiger partial charge in [-0.25, -0.2) is 9.37 Å². The number of hydrogen-bond donors (Lipinski definition) is 6. The summed E-state index contributed by atoms with van der Waals surface area (Å²) in [6, 6.07) is 7.10. The van der Waals surface area contributed by atoms with Crippen LogP contribution in [-0.2, 0) is 18.4 Å². The third-order valence-electron chi connectivity index (χ3n) is 5.35. The van der Waals surface area contributed by atoms with Gasteiger partial charge in [0.25, 0.3) is 0 Å². The van der Waals surface area contributed by atoms with Crippen LogP contribution in [0.25, 0.3) is 11.0 Å². The van der Waals surface area contributed by atoms with Crippen LogP contribution in [-0.4, -0.2) is 71.3 Å². The lowest BCUT2D eigenvalue weighted by molar-refractivity contribution is -0.113. The molecule has 3 aromatic rings. The molecule has 0 amide bonds. The molecule has 0 bridgehead atoms. The lowest BCUT2D eigenvalue weighted by atomic mass is 10.1. The summed E-state index contributed by atoms with van der Waals surface area (Å²) in [5.41, 5.74) is 0.896. The number of fused-ring (bicyclic) bond motifs is 1. The number of methoxy groups -OCH3 is 1. The molecular formula is C20H26ClFN4O9P2. The molecule has 37 heavy (non-hydrogen) atoms. The van der Waals surface area contributed by atoms with Gasteiger partial charge in [-0.3, -0.25) is 9.13 Å². The molecule has 0 saturated carbocycles. The van der Waals surface area contributed by atoms with Gasteiger partial charge >= 0.3 is 15.2 Å². The Morgan fingerprint density at radius 3 is 2.38 bits per heavy atom. The molecule has 0 fully saturated rings. The van der Waals surface area contributed by atoms with E-state index in [0.29, 0.717) is 11.2 Å². The Morgan fingerprint density at radius 1 is 1.14 bits per heavy atom. The highest BCUT2D eigenvalue weighted by Gasteiger charge is 2.35. The van der Waals surface area contributed by atoms with Crippen molar-refractivity contribution in [2.45, 2.75) is 31.4 Å². The number of aliphatic hydroxyl groups is 2. The van der Waals surface area contributed by atoms with Crippen molar-refractivity contribution in [2.24, 2.45) is 0 Å². The van der Waals surface area contributed by atoms with E-state index in [9.17, 15) is 28.6 Å². The Balaban J connectivity index is 1.81. The zero-order valence-electron chi connectivity index (χ0n) is 19.5. The Hall–Kier alpha value is -1.96. The number of benzene rings is 1. The van der Waals surface area contributed by atoms with Gasteiger partial charge in [0.15, 0.2) is 12.1 Å². The van der Waals surface area contributed by atoms with E-state index in [2.05, 4.69) is 15.3 Å². The molecule has 0 aliphatic heterocycles. The number of nitrogens with one attached hydrogen (secondary N) is 1. The number of ether oxygens (including phenoxy) is 1. The molecule has 1 unspecified atom stereocenters. The molecule has 3 rings (SSSR count). The van der Waals surface area contributed by atoms with E-state index in [1.165, 1.54) is 22.9 Å². The summed E-state index contributed by atoms with van der Waals surface area (Å²) in [4.78, 5) is 35.8. The lowest BCUT2D eigenvalue weighted by Gasteiger charge is -2.27. The Kier molecular flexibility index (Phi) is 9.46. The summed E-state index contributed by atoms with van der Waals surface area (Å²) in [5.74, 6) is -1.49. The van der Waals surface area contributed by atoms with E-state index in [-0.39, 0.29) is 22.8 Å². The summed E-state index contributed by atoms with van der Waals surface area (Å²) in [6.45, 7) is 1.06. The van der Waals surface area contributed by atoms with Crippen LogP contribution in [0, 0.1) is 5.82 Å². The summed E-state index contributed by atoms with van der Waals surface area (Å²) in [7, 11) is -8.43. The molecule has 13 nitrogen and oxygen atoms in total. The standard InChI is InChI=1S/C20H26ClFN4O9P2/c1-11(12-3-5-13(22)6-4-12)23-17-14-7-8-26(18(14)25-20(21)24-17)19(28)16(27)15(34-2)9-35-37(32,33)10-36(29,30)31/h3-8,11,15-16,19,27-28H,9-10H2,1-2H3,(H,32,33)(H,23,24,25)(H2,29,30,31)/t11-,15+,16+,19+/m0/s1. The van der Waals surface area contributed by atoms with Gasteiger partial charge in [-0.2, -0.15) is 4.98 Å². The number of hydrogen-bond acceptors (Lipinski definition) is 9. The first-order chi connectivity index (χ1) is 17.2. The van der Waals surface area contributed by atoms with Crippen molar-refractivity contribution in [2.75, 3.05) is 24.9 Å². The largest absolute Gasteiger partial charge is 0.386 e. The van der Waals surface area contributed by atoms with Crippen molar-refractivity contribution < 1.29 is 47.7 Å². The molecule has 0 saturated heterocycles. The molecule has 5 atom stereocenters. The van der Waals surface area contributed by atoms with E-state index in [1.54, 1.807) is 18.2 Å². The van der Waals surface area contributed by atoms with Crippen LogP contribution >= 0.6 is 26.8 Å². The predicted molar refractivity (Wildman–Crippen MR) is 132 cm³/mol. The van der Waals surface area contributed by atoms with Crippen molar-refractivity contribution in [1.29, 1.82) is 0 Å². The number of halogens is 2. The van der Waals surface area contributed by atoms with Gasteiger partial charge < -0.3 is 44.0 Å². The Bertz CT molecular complexity index is 1320. The molecule has 6 N–H and O–H groups in total. The molecule has 0 radical (unpaired) electrons. The average Bonchev–Trinajstić information content (AvgIpc) is 3.21. The van der Waals surface area contributed by atoms with E-state index in [0.717, 1.165) is 12.7 Å². The minimum Gasteiger partial charge on any atom is -0.386 e. The summed E-state index contributed by atoms with van der Waals surface area (Å²) in [5, 5.41) is 24.9. The maximum Gasteiger partial charge on any atom is 0.340 e. The fourth-order valence-electron chi connectivity index (χ4n) is 3.50. The predicted octanol–water partition coefficient (Wildman–Crippen LogP) is 2.60. The summed E-state index contributed by atoms with van der Waals surface area (Å²) >= 11 is 6.09. The number of nitrogens with zero attached hydrogens (tertiary/aromatic N) is 3. The van der Waals surface area contributed by atoms with Crippen molar-refractivity contribution in [1.82, 2.24) is 14.5 Å². The Labute approximate surface area is 215 Å². The minimum absolute atomic E-state index is 0.130. The van der Waals surface area contributed by atoms with Crippen LogP contribution in [0.3, 0.4) is 0 Å². The van der Waals surface area contributed by atoms with Gasteiger partial charge in [-0.1, -0.05) is 12.1 Å². The number of aromatic nitrogens is 3. The van der Waals surface area contributed by atoms with Crippen molar-refractivity contribution in [3.05, 3.63) is 53.2 Å². The monoisotopic (exact) mass is 582 g/mol. The highest BCUT2D eigenvalue weighted by molar-refractivity contribution is 7.70. The highest BCUT2D eigenvalue weighted by atomic mass is 35.5. The normalized spacial score (nSPS) is 17.2. The van der Waals surface area contributed by atoms with Gasteiger partial charge in [0.2, 0.25) is 5.28 Å². The first-order valence-electron chi connectivity index (χ1n) is 10.7. The maximum atomic E-state index is 13.3. The molecule has 0 spiro atoms. The van der Waals surface area contributed by atoms with E-state index in [1.807, 2.05) is 6.92 Å². The molecule has 0 aliphatic carbocycles. The quantitative estimate of drug-likeness (QED) is 0.135. The van der Waals surface area contributed by atoms with E-state index in [4.69, 9.17) is 30.6 Å². The first-order valence-corrected chi connectivity index (χ1v) is 14.6. The number of rotatable bonds is 12. The van der Waals surface area contributed by atoms with Crippen molar-refractivity contribution in [3.63, 3.8) is 0 Å². The zero-order chi connectivity index (χ0) is 27.5. The molecule has 2 heterocycles. The van der Waals surface area contributed by atoms with Gasteiger partial charge in [-0.15, -0.1) is 0 Å². The Morgan fingerprint density at radius 2 is 1.78 bits per heavy atom. The number of aliphatic hydroxyl groups excluding tert-OH is 2. The van der Waals surface area contributed by atoms with Crippen LogP contribution in [0.2, 0.25) is 5.28 Å². The van der Waals surface area contributed by atoms with Crippen LogP contribution in [0.15, 0.2) is 36.5 Å². The average molecular weight is 583 g/mol. The van der Waals surface area contributed by atoms with Crippen molar-refractivity contribution in [3.8, 4) is 0 Å². The smallest absolute Gasteiger partial charge is 0.340 e. The first kappa shape index (κ1) is 29.6. The fourth-order valence-corrected chi connectivity index (χ4v) is 6.23. The molecule has 2 aromatic heterocycles. The second-order valence-electron chi connectivity index (χ2n) is 8.14. The molecule has 204 valence electrons. The zero-order valence-corrected chi connectivity index (χ0v) is 22.1. The van der Waals surface area contributed by atoms with Gasteiger partial charge in [0, 0.05) is 19.3 Å². The van der Waals surface area contributed by atoms with Gasteiger partial charge in [0.1, 0.15) is 29.5 Å². The van der Waals surface area contributed by atoms with E-state index >= 15 is 0 Å². The second-order valence-corrected chi connectivity index (χ2v) is 12.5. The highest BCUT2D eigenvalue weighted by Crippen LogP contribution is 2.55. The molecular weight excluding hydrogens is 557 g/mol. The van der Waals surface area contributed by atoms with Crippen LogP contribution < -0.4 is 5.32 Å². The number of anilines is 1. The minimum atomic E-state index is -4.85. The topological polar surface area (TPSA) is 196 Å². The van der Waals surface area contributed by atoms with Gasteiger partial charge in [0.05, 0.1) is 12.0 Å². The summed E-state index contributed by atoms with van der Waals surface area (Å²) < 4.78 is 47.1. The third-order valence-corrected chi connectivity index (χ3v) is 8.97. The van der Waals surface area contributed by atoms with Crippen molar-refractivity contribution >= 4 is 43.6 Å². The molecule has 1 aromatic carbocycles.